The Hall–Kier alpha value is -7.86. The lowest BCUT2D eigenvalue weighted by Gasteiger charge is -2.34. The van der Waals surface area contributed by atoms with E-state index >= 15 is 0 Å². The number of benzene rings is 2. The average molecular weight is 845 g/mol. The van der Waals surface area contributed by atoms with Crippen molar-refractivity contribution >= 4 is 56.0 Å². The molecule has 0 saturated carbocycles. The van der Waals surface area contributed by atoms with Crippen LogP contribution in [0.2, 0.25) is 0 Å². The van der Waals surface area contributed by atoms with E-state index in [-0.39, 0.29) is 54.5 Å². The van der Waals surface area contributed by atoms with Crippen molar-refractivity contribution in [2.75, 3.05) is 23.3 Å². The van der Waals surface area contributed by atoms with Crippen molar-refractivity contribution in [1.29, 1.82) is 0 Å². The number of aryl methyl sites for hydroxylation is 4. The van der Waals surface area contributed by atoms with E-state index < -0.39 is 22.5 Å². The third-order valence-corrected chi connectivity index (χ3v) is 11.6. The fourth-order valence-corrected chi connectivity index (χ4v) is 8.46. The maximum atomic E-state index is 14.4. The molecule has 0 spiro atoms. The van der Waals surface area contributed by atoms with E-state index in [4.69, 9.17) is 9.97 Å². The minimum Gasteiger partial charge on any atom is -0.351 e. The third kappa shape index (κ3) is 7.08. The van der Waals surface area contributed by atoms with Gasteiger partial charge in [0.25, 0.3) is 11.1 Å². The predicted molar refractivity (Wildman–Crippen MR) is 241 cm³/mol. The quantitative estimate of drug-likeness (QED) is 0.210. The van der Waals surface area contributed by atoms with Crippen LogP contribution in [0.5, 0.6) is 0 Å². The Morgan fingerprint density at radius 1 is 0.651 bits per heavy atom. The smallest absolute Gasteiger partial charge is 0.332 e. The zero-order valence-electron chi connectivity index (χ0n) is 35.8. The maximum absolute atomic E-state index is 14.4. The lowest BCUT2D eigenvalue weighted by molar-refractivity contribution is 0.514. The third-order valence-electron chi connectivity index (χ3n) is 11.6. The van der Waals surface area contributed by atoms with E-state index in [2.05, 4.69) is 53.8 Å². The highest BCUT2D eigenvalue weighted by Gasteiger charge is 2.29. The van der Waals surface area contributed by atoms with Gasteiger partial charge in [-0.3, -0.25) is 37.0 Å². The average Bonchev–Trinajstić information content (AvgIpc) is 3.85. The summed E-state index contributed by atoms with van der Waals surface area (Å²) in [6.07, 6.45) is 1.49. The number of aromatic nitrogens is 12. The second-order valence-electron chi connectivity index (χ2n) is 15.6. The second-order valence-corrected chi connectivity index (χ2v) is 15.6. The number of piperidine rings is 1. The van der Waals surface area contributed by atoms with Gasteiger partial charge in [0.15, 0.2) is 22.3 Å². The van der Waals surface area contributed by atoms with E-state index in [1.807, 2.05) is 62.4 Å². The molecule has 1 fully saturated rings. The van der Waals surface area contributed by atoms with Gasteiger partial charge in [-0.2, -0.15) is 9.97 Å². The molecule has 0 unspecified atom stereocenters. The van der Waals surface area contributed by atoms with Crippen LogP contribution in [0.3, 0.4) is 0 Å². The van der Waals surface area contributed by atoms with Crippen LogP contribution in [-0.4, -0.2) is 76.4 Å². The van der Waals surface area contributed by atoms with Gasteiger partial charge in [-0.25, -0.2) is 29.5 Å². The fourth-order valence-electron chi connectivity index (χ4n) is 8.46. The number of hydrogen-bond acceptors (Lipinski definition) is 12. The molecule has 0 aliphatic carbocycles. The molecule has 0 bridgehead atoms. The van der Waals surface area contributed by atoms with Gasteiger partial charge in [-0.15, -0.1) is 11.8 Å². The topological polar surface area (TPSA) is 190 Å². The Labute approximate surface area is 359 Å². The van der Waals surface area contributed by atoms with E-state index in [1.54, 1.807) is 37.1 Å². The number of nitrogens with one attached hydrogen (secondary N) is 1. The molecular formula is C45H44N14O4. The van der Waals surface area contributed by atoms with Crippen LogP contribution in [0.15, 0.2) is 67.7 Å². The Kier molecular flexibility index (Phi) is 10.4. The van der Waals surface area contributed by atoms with Crippen LogP contribution in [0.4, 0.5) is 11.9 Å². The first-order valence-electron chi connectivity index (χ1n) is 20.6. The molecule has 0 radical (unpaired) electrons. The first-order chi connectivity index (χ1) is 30.5. The zero-order valence-corrected chi connectivity index (χ0v) is 35.8. The number of hydrogen-bond donors (Lipinski definition) is 1. The molecule has 18 nitrogen and oxygen atoms in total. The SMILES string of the molecule is CC#CCn1c(N[C@@H]2CCCN(c3nc4c(c(=O)n(Cc5nc(C)c6ccccc6n5)c(=O)n4C)n3CC#CC)C2)nc2c1c(=O)n(Cc1nc(C)c3ccccc3n1)c(=O)n2C. The molecule has 1 aliphatic heterocycles. The van der Waals surface area contributed by atoms with Gasteiger partial charge in [-0.05, 0) is 52.7 Å². The predicted octanol–water partition coefficient (Wildman–Crippen LogP) is 2.83. The first-order valence-corrected chi connectivity index (χ1v) is 20.6. The number of imidazole rings is 2. The van der Waals surface area contributed by atoms with Crippen molar-refractivity contribution in [2.45, 2.75) is 72.8 Å². The van der Waals surface area contributed by atoms with E-state index in [9.17, 15) is 19.2 Å². The number of anilines is 2. The Balaban J connectivity index is 1.07. The van der Waals surface area contributed by atoms with Gasteiger partial charge in [0.2, 0.25) is 11.9 Å². The molecule has 1 N–H and O–H groups in total. The summed E-state index contributed by atoms with van der Waals surface area (Å²) in [6, 6.07) is 15.0. The van der Waals surface area contributed by atoms with Gasteiger partial charge in [0.05, 0.1) is 37.2 Å². The molecule has 7 heterocycles. The highest BCUT2D eigenvalue weighted by molar-refractivity contribution is 5.81. The molecule has 1 atom stereocenters. The summed E-state index contributed by atoms with van der Waals surface area (Å²) in [5.74, 6) is 13.6. The summed E-state index contributed by atoms with van der Waals surface area (Å²) >= 11 is 0. The Morgan fingerprint density at radius 2 is 1.16 bits per heavy atom. The highest BCUT2D eigenvalue weighted by atomic mass is 16.2. The Morgan fingerprint density at radius 3 is 1.71 bits per heavy atom. The van der Waals surface area contributed by atoms with Gasteiger partial charge in [0, 0.05) is 55.4 Å². The molecule has 63 heavy (non-hydrogen) atoms. The molecule has 1 aliphatic rings. The van der Waals surface area contributed by atoms with Crippen LogP contribution >= 0.6 is 0 Å². The number of nitrogens with zero attached hydrogens (tertiary/aromatic N) is 13. The van der Waals surface area contributed by atoms with Crippen LogP contribution in [0.1, 0.15) is 49.7 Å². The zero-order chi connectivity index (χ0) is 44.1. The van der Waals surface area contributed by atoms with Crippen LogP contribution in [0.25, 0.3) is 44.1 Å². The van der Waals surface area contributed by atoms with E-state index in [1.165, 1.54) is 9.13 Å². The van der Waals surface area contributed by atoms with Crippen molar-refractivity contribution < 1.29 is 0 Å². The van der Waals surface area contributed by atoms with Gasteiger partial charge in [-0.1, -0.05) is 48.2 Å². The van der Waals surface area contributed by atoms with Crippen molar-refractivity contribution in [3.63, 3.8) is 0 Å². The number of fused-ring (bicyclic) bond motifs is 4. The Bertz CT molecular complexity index is 3550. The van der Waals surface area contributed by atoms with Crippen LogP contribution in [0, 0.1) is 37.5 Å². The van der Waals surface area contributed by atoms with Crippen molar-refractivity contribution in [3.05, 3.63) is 113 Å². The summed E-state index contributed by atoms with van der Waals surface area (Å²) in [5.41, 5.74) is 1.70. The number of rotatable bonds is 9. The van der Waals surface area contributed by atoms with Crippen molar-refractivity contribution in [3.8, 4) is 23.7 Å². The van der Waals surface area contributed by atoms with Gasteiger partial charge < -0.3 is 10.2 Å². The molecular weight excluding hydrogens is 801 g/mol. The standard InChI is InChI=1S/C45H44N14O4/c1-7-9-22-56-36-38(53(5)44(62)58(40(36)60)25-34-46-27(3)30-17-11-13-19-32(30)49-34)51-42(56)48-29-16-15-21-55(24-29)43-52-39-37(57(43)23-10-8-2)41(61)59(45(63)54(39)6)26-35-47-28(4)31-18-12-14-20-33(31)50-35/h11-14,17-20,29H,15-16,21-26H2,1-6H3,(H,48,51)/t29-/m1/s1. The summed E-state index contributed by atoms with van der Waals surface area (Å²) in [4.78, 5) is 86.8. The maximum Gasteiger partial charge on any atom is 0.332 e. The minimum atomic E-state index is -0.550. The van der Waals surface area contributed by atoms with Crippen LogP contribution in [-0.2, 0) is 40.3 Å². The van der Waals surface area contributed by atoms with Crippen molar-refractivity contribution in [1.82, 2.24) is 57.3 Å². The lowest BCUT2D eigenvalue weighted by Crippen LogP contribution is -2.44. The summed E-state index contributed by atoms with van der Waals surface area (Å²) in [6.45, 7) is 8.28. The van der Waals surface area contributed by atoms with Crippen molar-refractivity contribution in [2.24, 2.45) is 14.1 Å². The molecule has 9 rings (SSSR count). The summed E-state index contributed by atoms with van der Waals surface area (Å²) in [7, 11) is 3.18. The minimum absolute atomic E-state index is 0.125. The molecule has 318 valence electrons. The first kappa shape index (κ1) is 40.5. The molecule has 0 amide bonds. The molecule has 2 aromatic carbocycles. The van der Waals surface area contributed by atoms with Gasteiger partial charge in [0.1, 0.15) is 11.6 Å². The molecule has 18 heteroatoms. The summed E-state index contributed by atoms with van der Waals surface area (Å²) < 4.78 is 8.50. The van der Waals surface area contributed by atoms with E-state index in [0.29, 0.717) is 36.6 Å². The highest BCUT2D eigenvalue weighted by Crippen LogP contribution is 2.26. The summed E-state index contributed by atoms with van der Waals surface area (Å²) in [5, 5.41) is 5.34. The van der Waals surface area contributed by atoms with Gasteiger partial charge >= 0.3 is 11.4 Å². The molecule has 1 saturated heterocycles. The van der Waals surface area contributed by atoms with Crippen LogP contribution < -0.4 is 32.7 Å². The number of para-hydroxylation sites is 2. The fraction of sp³-hybridized carbons (Fsp3) is 0.333. The monoisotopic (exact) mass is 844 g/mol. The second kappa shape index (κ2) is 16.2. The largest absolute Gasteiger partial charge is 0.351 e. The molecule has 8 aromatic rings. The van der Waals surface area contributed by atoms with E-state index in [0.717, 1.165) is 55.2 Å². The lowest BCUT2D eigenvalue weighted by atomic mass is 10.1. The molecule has 6 aromatic heterocycles. The normalized spacial score (nSPS) is 14.0.